The molecule has 0 aliphatic rings. The lowest BCUT2D eigenvalue weighted by Crippen LogP contribution is -1.99. The van der Waals surface area contributed by atoms with E-state index in [0.29, 0.717) is 23.5 Å². The second-order valence-electron chi connectivity index (χ2n) is 6.39. The highest BCUT2D eigenvalue weighted by molar-refractivity contribution is 5.85. The van der Waals surface area contributed by atoms with Crippen LogP contribution < -0.4 is 0 Å². The van der Waals surface area contributed by atoms with E-state index in [9.17, 15) is 13.6 Å². The van der Waals surface area contributed by atoms with Gasteiger partial charge in [-0.15, -0.1) is 0 Å². The van der Waals surface area contributed by atoms with Gasteiger partial charge >= 0.3 is 0 Å². The van der Waals surface area contributed by atoms with Gasteiger partial charge in [-0.2, -0.15) is 5.10 Å². The third-order valence-corrected chi connectivity index (χ3v) is 3.90. The summed E-state index contributed by atoms with van der Waals surface area (Å²) in [6, 6.07) is 11.0. The molecule has 1 aromatic heterocycles. The highest BCUT2D eigenvalue weighted by atomic mass is 19.1. The number of rotatable bonds is 5. The molecule has 0 N–H and O–H groups in total. The van der Waals surface area contributed by atoms with E-state index < -0.39 is 11.6 Å². The zero-order valence-corrected chi connectivity index (χ0v) is 14.0. The first-order valence-electron chi connectivity index (χ1n) is 8.07. The molecule has 0 bridgehead atoms. The van der Waals surface area contributed by atoms with Crippen molar-refractivity contribution in [2.24, 2.45) is 5.92 Å². The van der Waals surface area contributed by atoms with Gasteiger partial charge < -0.3 is 0 Å². The second-order valence-corrected chi connectivity index (χ2v) is 6.39. The van der Waals surface area contributed by atoms with Gasteiger partial charge in [-0.25, -0.2) is 13.5 Å². The van der Waals surface area contributed by atoms with Crippen molar-refractivity contribution in [1.82, 2.24) is 9.78 Å². The molecule has 0 amide bonds. The Hall–Kier alpha value is -2.82. The first kappa shape index (κ1) is 17.0. The number of hydrogen-bond donors (Lipinski definition) is 0. The third-order valence-electron chi connectivity index (χ3n) is 3.90. The largest absolute Gasteiger partial charge is 0.298 e. The summed E-state index contributed by atoms with van der Waals surface area (Å²) in [4.78, 5) is 11.4. The normalized spacial score (nSPS) is 11.1. The quantitative estimate of drug-likeness (QED) is 0.624. The van der Waals surface area contributed by atoms with Crippen LogP contribution in [-0.4, -0.2) is 16.1 Å². The predicted octanol–water partition coefficient (Wildman–Crippen LogP) is 4.83. The van der Waals surface area contributed by atoms with Crippen LogP contribution >= 0.6 is 0 Å². The van der Waals surface area contributed by atoms with E-state index in [2.05, 4.69) is 18.9 Å². The van der Waals surface area contributed by atoms with Gasteiger partial charge in [0.2, 0.25) is 0 Å². The predicted molar refractivity (Wildman–Crippen MR) is 92.8 cm³/mol. The van der Waals surface area contributed by atoms with Crippen molar-refractivity contribution in [3.63, 3.8) is 0 Å². The number of hydrogen-bond acceptors (Lipinski definition) is 2. The van der Waals surface area contributed by atoms with E-state index in [-0.39, 0.29) is 5.69 Å². The summed E-state index contributed by atoms with van der Waals surface area (Å²) >= 11 is 0. The number of aldehydes is 1. The van der Waals surface area contributed by atoms with Gasteiger partial charge in [0.15, 0.2) is 12.1 Å². The standard InChI is InChI=1S/C20H18F2N2O/c1-13(2)9-14-3-5-15(6-4-14)20-16(12-25)11-24(23-20)19-8-7-17(21)10-18(19)22/h3-8,10-13H,9H2,1-2H3. The first-order chi connectivity index (χ1) is 12.0. The summed E-state index contributed by atoms with van der Waals surface area (Å²) in [5, 5.41) is 4.33. The van der Waals surface area contributed by atoms with E-state index >= 15 is 0 Å². The van der Waals surface area contributed by atoms with Crippen molar-refractivity contribution in [3.05, 3.63) is 71.4 Å². The van der Waals surface area contributed by atoms with E-state index in [4.69, 9.17) is 0 Å². The molecular weight excluding hydrogens is 322 g/mol. The number of carbonyl (C=O) groups excluding carboxylic acids is 1. The molecule has 1 heterocycles. The molecule has 3 nitrogen and oxygen atoms in total. The first-order valence-corrected chi connectivity index (χ1v) is 8.07. The van der Waals surface area contributed by atoms with Crippen LogP contribution in [0.4, 0.5) is 8.78 Å². The molecule has 0 radical (unpaired) electrons. The SMILES string of the molecule is CC(C)Cc1ccc(-c2nn(-c3ccc(F)cc3F)cc2C=O)cc1. The van der Waals surface area contributed by atoms with Gasteiger partial charge in [0.25, 0.3) is 0 Å². The molecule has 0 atom stereocenters. The molecule has 0 aliphatic heterocycles. The highest BCUT2D eigenvalue weighted by Gasteiger charge is 2.14. The van der Waals surface area contributed by atoms with Crippen LogP contribution in [0.5, 0.6) is 0 Å². The fraction of sp³-hybridized carbons (Fsp3) is 0.200. The Kier molecular flexibility index (Phi) is 4.74. The molecule has 0 saturated heterocycles. The number of benzene rings is 2. The second kappa shape index (κ2) is 6.97. The van der Waals surface area contributed by atoms with Crippen LogP contribution in [0.3, 0.4) is 0 Å². The third kappa shape index (κ3) is 3.65. The molecule has 0 fully saturated rings. The highest BCUT2D eigenvalue weighted by Crippen LogP contribution is 2.24. The summed E-state index contributed by atoms with van der Waals surface area (Å²) in [6.45, 7) is 4.30. The fourth-order valence-corrected chi connectivity index (χ4v) is 2.76. The fourth-order valence-electron chi connectivity index (χ4n) is 2.76. The van der Waals surface area contributed by atoms with Crippen molar-refractivity contribution in [3.8, 4) is 16.9 Å². The van der Waals surface area contributed by atoms with Crippen LogP contribution in [0.15, 0.2) is 48.7 Å². The minimum atomic E-state index is -0.737. The number of aromatic nitrogens is 2. The molecule has 3 rings (SSSR count). The summed E-state index contributed by atoms with van der Waals surface area (Å²) in [7, 11) is 0. The minimum absolute atomic E-state index is 0.0900. The Bertz CT molecular complexity index is 899. The monoisotopic (exact) mass is 340 g/mol. The van der Waals surface area contributed by atoms with Crippen LogP contribution in [0.1, 0.15) is 29.8 Å². The van der Waals surface area contributed by atoms with Gasteiger partial charge in [-0.1, -0.05) is 38.1 Å². The lowest BCUT2D eigenvalue weighted by molar-refractivity contribution is 0.112. The van der Waals surface area contributed by atoms with Crippen molar-refractivity contribution in [1.29, 1.82) is 0 Å². The number of carbonyl (C=O) groups is 1. The molecule has 0 unspecified atom stereocenters. The van der Waals surface area contributed by atoms with Crippen LogP contribution in [0, 0.1) is 17.6 Å². The molecule has 0 spiro atoms. The lowest BCUT2D eigenvalue weighted by Gasteiger charge is -2.06. The zero-order chi connectivity index (χ0) is 18.0. The van der Waals surface area contributed by atoms with Gasteiger partial charge in [0.1, 0.15) is 17.2 Å². The van der Waals surface area contributed by atoms with Gasteiger partial charge in [0, 0.05) is 17.8 Å². The molecule has 2 aromatic carbocycles. The molecule has 5 heteroatoms. The summed E-state index contributed by atoms with van der Waals surface area (Å²) in [6.07, 6.45) is 3.10. The van der Waals surface area contributed by atoms with E-state index in [1.54, 1.807) is 0 Å². The maximum absolute atomic E-state index is 14.0. The maximum atomic E-state index is 14.0. The van der Waals surface area contributed by atoms with Crippen molar-refractivity contribution in [2.75, 3.05) is 0 Å². The van der Waals surface area contributed by atoms with Crippen LogP contribution in [0.2, 0.25) is 0 Å². The van der Waals surface area contributed by atoms with Crippen molar-refractivity contribution < 1.29 is 13.6 Å². The molecule has 0 aliphatic carbocycles. The number of nitrogens with zero attached hydrogens (tertiary/aromatic N) is 2. The topological polar surface area (TPSA) is 34.9 Å². The summed E-state index contributed by atoms with van der Waals surface area (Å²) in [5.74, 6) is -0.846. The Balaban J connectivity index is 1.99. The zero-order valence-electron chi connectivity index (χ0n) is 14.0. The Labute approximate surface area is 144 Å². The lowest BCUT2D eigenvalue weighted by atomic mass is 10.0. The smallest absolute Gasteiger partial charge is 0.153 e. The summed E-state index contributed by atoms with van der Waals surface area (Å²) < 4.78 is 28.3. The Morgan fingerprint density at radius 2 is 1.84 bits per heavy atom. The maximum Gasteiger partial charge on any atom is 0.153 e. The molecule has 3 aromatic rings. The average Bonchev–Trinajstić information content (AvgIpc) is 2.99. The van der Waals surface area contributed by atoms with E-state index in [0.717, 1.165) is 24.1 Å². The summed E-state index contributed by atoms with van der Waals surface area (Å²) in [5.41, 5.74) is 2.88. The van der Waals surface area contributed by atoms with Gasteiger partial charge in [-0.3, -0.25) is 4.79 Å². The average molecular weight is 340 g/mol. The van der Waals surface area contributed by atoms with Gasteiger partial charge in [-0.05, 0) is 30.0 Å². The molecular formula is C20H18F2N2O. The van der Waals surface area contributed by atoms with Gasteiger partial charge in [0.05, 0.1) is 5.56 Å². The molecule has 25 heavy (non-hydrogen) atoms. The van der Waals surface area contributed by atoms with Crippen molar-refractivity contribution >= 4 is 6.29 Å². The molecule has 128 valence electrons. The van der Waals surface area contributed by atoms with Crippen LogP contribution in [0.25, 0.3) is 16.9 Å². The minimum Gasteiger partial charge on any atom is -0.298 e. The van der Waals surface area contributed by atoms with Crippen molar-refractivity contribution in [2.45, 2.75) is 20.3 Å². The Morgan fingerprint density at radius 3 is 2.44 bits per heavy atom. The molecule has 0 saturated carbocycles. The van der Waals surface area contributed by atoms with E-state index in [1.807, 2.05) is 24.3 Å². The van der Waals surface area contributed by atoms with Crippen LogP contribution in [-0.2, 0) is 6.42 Å². The van der Waals surface area contributed by atoms with E-state index in [1.165, 1.54) is 22.5 Å². The number of halogens is 2. The Morgan fingerprint density at radius 1 is 1.12 bits per heavy atom.